The molecule has 1 saturated heterocycles. The van der Waals surface area contributed by atoms with Gasteiger partial charge in [-0.2, -0.15) is 0 Å². The average Bonchev–Trinajstić information content (AvgIpc) is 2.81. The molecule has 3 rings (SSSR count). The molecule has 0 saturated carbocycles. The van der Waals surface area contributed by atoms with Gasteiger partial charge in [0, 0.05) is 43.1 Å². The maximum absolute atomic E-state index is 6.37. The van der Waals surface area contributed by atoms with Crippen molar-refractivity contribution in [1.82, 2.24) is 9.88 Å². The molecule has 5 heteroatoms. The van der Waals surface area contributed by atoms with Crippen molar-refractivity contribution in [3.63, 3.8) is 0 Å². The van der Waals surface area contributed by atoms with Crippen molar-refractivity contribution in [1.29, 1.82) is 0 Å². The summed E-state index contributed by atoms with van der Waals surface area (Å²) in [5.41, 5.74) is 7.91. The van der Waals surface area contributed by atoms with Gasteiger partial charge in [-0.15, -0.1) is 0 Å². The quantitative estimate of drug-likeness (QED) is 0.912. The fourth-order valence-corrected chi connectivity index (χ4v) is 4.68. The van der Waals surface area contributed by atoms with E-state index in [-0.39, 0.29) is 11.5 Å². The predicted molar refractivity (Wildman–Crippen MR) is 90.1 cm³/mol. The first-order valence-electron chi connectivity index (χ1n) is 8.10. The highest BCUT2D eigenvalue weighted by atomic mass is 32.1. The Morgan fingerprint density at radius 1 is 1.24 bits per heavy atom. The second kappa shape index (κ2) is 5.52. The van der Waals surface area contributed by atoms with E-state index < -0.39 is 0 Å². The number of nitrogens with two attached hydrogens (primary N) is 1. The minimum Gasteiger partial charge on any atom is -0.346 e. The first-order valence-corrected chi connectivity index (χ1v) is 8.91. The summed E-state index contributed by atoms with van der Waals surface area (Å²) in [6.07, 6.45) is 2.14. The van der Waals surface area contributed by atoms with Crippen molar-refractivity contribution < 1.29 is 0 Å². The molecule has 2 aliphatic rings. The molecule has 118 valence electrons. The Bertz CT molecular complexity index is 500. The SMILES string of the molecule is CC(C)N1CCN(c2nc3c(s2)C(N)CC(C)(C)C3)CC1. The standard InChI is InChI=1S/C16H28N4S/c1-11(2)19-5-7-20(8-6-19)15-18-13-10-16(3,4)9-12(17)14(13)21-15/h11-12H,5-10,17H2,1-4H3. The Balaban J connectivity index is 1.74. The zero-order valence-electron chi connectivity index (χ0n) is 13.7. The predicted octanol–water partition coefficient (Wildman–Crippen LogP) is 2.65. The number of thiazole rings is 1. The van der Waals surface area contributed by atoms with Crippen LogP contribution >= 0.6 is 11.3 Å². The van der Waals surface area contributed by atoms with E-state index in [0.29, 0.717) is 6.04 Å². The van der Waals surface area contributed by atoms with Crippen LogP contribution in [0.25, 0.3) is 0 Å². The molecule has 0 amide bonds. The molecule has 1 aromatic heterocycles. The lowest BCUT2D eigenvalue weighted by atomic mass is 9.77. The fourth-order valence-electron chi connectivity index (χ4n) is 3.55. The summed E-state index contributed by atoms with van der Waals surface area (Å²) in [5.74, 6) is 0. The second-order valence-electron chi connectivity index (χ2n) is 7.58. The molecule has 2 N–H and O–H groups in total. The van der Waals surface area contributed by atoms with E-state index in [0.717, 1.165) is 39.0 Å². The van der Waals surface area contributed by atoms with Gasteiger partial charge in [-0.3, -0.25) is 4.90 Å². The van der Waals surface area contributed by atoms with Gasteiger partial charge in [-0.25, -0.2) is 4.98 Å². The minimum atomic E-state index is 0.173. The number of hydrogen-bond acceptors (Lipinski definition) is 5. The summed E-state index contributed by atoms with van der Waals surface area (Å²) < 4.78 is 0. The molecule has 1 aliphatic carbocycles. The highest BCUT2D eigenvalue weighted by Gasteiger charge is 2.34. The van der Waals surface area contributed by atoms with Gasteiger partial charge in [0.1, 0.15) is 0 Å². The lowest BCUT2D eigenvalue weighted by Gasteiger charge is -2.36. The Kier molecular flexibility index (Phi) is 4.01. The number of aromatic nitrogens is 1. The van der Waals surface area contributed by atoms with Gasteiger partial charge < -0.3 is 10.6 Å². The van der Waals surface area contributed by atoms with Crippen LogP contribution in [0.1, 0.15) is 50.7 Å². The van der Waals surface area contributed by atoms with Gasteiger partial charge in [0.2, 0.25) is 0 Å². The van der Waals surface area contributed by atoms with E-state index in [9.17, 15) is 0 Å². The van der Waals surface area contributed by atoms with Gasteiger partial charge in [0.15, 0.2) is 5.13 Å². The number of anilines is 1. The van der Waals surface area contributed by atoms with Gasteiger partial charge in [0.05, 0.1) is 5.69 Å². The summed E-state index contributed by atoms with van der Waals surface area (Å²) in [4.78, 5) is 11.3. The zero-order chi connectivity index (χ0) is 15.2. The highest BCUT2D eigenvalue weighted by molar-refractivity contribution is 7.15. The Labute approximate surface area is 132 Å². The molecule has 1 fully saturated rings. The third kappa shape index (κ3) is 3.10. The van der Waals surface area contributed by atoms with Crippen molar-refractivity contribution >= 4 is 16.5 Å². The number of nitrogens with zero attached hydrogens (tertiary/aromatic N) is 3. The van der Waals surface area contributed by atoms with Crippen LogP contribution in [0.5, 0.6) is 0 Å². The Hall–Kier alpha value is -0.650. The summed E-state index contributed by atoms with van der Waals surface area (Å²) in [6.45, 7) is 13.6. The normalized spacial score (nSPS) is 26.2. The van der Waals surface area contributed by atoms with Crippen molar-refractivity contribution in [2.45, 2.75) is 52.6 Å². The van der Waals surface area contributed by atoms with Crippen LogP contribution in [0.2, 0.25) is 0 Å². The van der Waals surface area contributed by atoms with E-state index >= 15 is 0 Å². The van der Waals surface area contributed by atoms with E-state index in [1.54, 1.807) is 0 Å². The van der Waals surface area contributed by atoms with E-state index in [4.69, 9.17) is 10.7 Å². The molecule has 0 radical (unpaired) electrons. The average molecular weight is 308 g/mol. The zero-order valence-corrected chi connectivity index (χ0v) is 14.5. The lowest BCUT2D eigenvalue weighted by molar-refractivity contribution is 0.209. The topological polar surface area (TPSA) is 45.4 Å². The Morgan fingerprint density at radius 2 is 1.90 bits per heavy atom. The summed E-state index contributed by atoms with van der Waals surface area (Å²) in [5, 5.41) is 1.19. The number of rotatable bonds is 2. The molecule has 21 heavy (non-hydrogen) atoms. The molecule has 1 unspecified atom stereocenters. The maximum Gasteiger partial charge on any atom is 0.185 e. The van der Waals surface area contributed by atoms with Crippen LogP contribution in [0.3, 0.4) is 0 Å². The molecule has 1 aromatic rings. The Morgan fingerprint density at radius 3 is 2.52 bits per heavy atom. The van der Waals surface area contributed by atoms with Crippen LogP contribution in [0.4, 0.5) is 5.13 Å². The van der Waals surface area contributed by atoms with Crippen LogP contribution in [-0.2, 0) is 6.42 Å². The molecule has 0 aromatic carbocycles. The van der Waals surface area contributed by atoms with Crippen molar-refractivity contribution in [3.8, 4) is 0 Å². The minimum absolute atomic E-state index is 0.173. The first-order chi connectivity index (χ1) is 9.85. The molecule has 2 heterocycles. The van der Waals surface area contributed by atoms with Gasteiger partial charge in [-0.05, 0) is 32.1 Å². The van der Waals surface area contributed by atoms with Gasteiger partial charge in [-0.1, -0.05) is 25.2 Å². The van der Waals surface area contributed by atoms with Gasteiger partial charge in [0.25, 0.3) is 0 Å². The molecule has 1 aliphatic heterocycles. The number of piperazine rings is 1. The van der Waals surface area contributed by atoms with Crippen LogP contribution in [0, 0.1) is 5.41 Å². The van der Waals surface area contributed by atoms with E-state index in [1.807, 2.05) is 11.3 Å². The largest absolute Gasteiger partial charge is 0.346 e. The molecular weight excluding hydrogens is 280 g/mol. The molecular formula is C16H28N4S. The lowest BCUT2D eigenvalue weighted by Crippen LogP contribution is -2.48. The van der Waals surface area contributed by atoms with Crippen molar-refractivity contribution in [3.05, 3.63) is 10.6 Å². The molecule has 4 nitrogen and oxygen atoms in total. The molecule has 1 atom stereocenters. The monoisotopic (exact) mass is 308 g/mol. The van der Waals surface area contributed by atoms with E-state index in [1.165, 1.54) is 15.7 Å². The van der Waals surface area contributed by atoms with Crippen LogP contribution < -0.4 is 10.6 Å². The van der Waals surface area contributed by atoms with Crippen LogP contribution in [-0.4, -0.2) is 42.1 Å². The highest BCUT2D eigenvalue weighted by Crippen LogP contribution is 2.43. The molecule has 0 spiro atoms. The first kappa shape index (κ1) is 15.3. The van der Waals surface area contributed by atoms with E-state index in [2.05, 4.69) is 37.5 Å². The second-order valence-corrected chi connectivity index (χ2v) is 8.58. The smallest absolute Gasteiger partial charge is 0.185 e. The number of fused-ring (bicyclic) bond motifs is 1. The third-order valence-electron chi connectivity index (χ3n) is 4.79. The molecule has 0 bridgehead atoms. The van der Waals surface area contributed by atoms with Crippen LogP contribution in [0.15, 0.2) is 0 Å². The van der Waals surface area contributed by atoms with Crippen molar-refractivity contribution in [2.24, 2.45) is 11.1 Å². The number of hydrogen-bond donors (Lipinski definition) is 1. The maximum atomic E-state index is 6.37. The fraction of sp³-hybridized carbons (Fsp3) is 0.812. The summed E-state index contributed by atoms with van der Waals surface area (Å²) in [6, 6.07) is 0.817. The van der Waals surface area contributed by atoms with Gasteiger partial charge >= 0.3 is 0 Å². The van der Waals surface area contributed by atoms with Crippen molar-refractivity contribution in [2.75, 3.05) is 31.1 Å². The third-order valence-corrected chi connectivity index (χ3v) is 6.08. The summed E-state index contributed by atoms with van der Waals surface area (Å²) >= 11 is 1.83. The summed E-state index contributed by atoms with van der Waals surface area (Å²) in [7, 11) is 0.